The van der Waals surface area contributed by atoms with Crippen molar-refractivity contribution >= 4 is 29.9 Å². The molecule has 4 nitrogen and oxygen atoms in total. The second-order valence-corrected chi connectivity index (χ2v) is 6.42. The number of guanidine groups is 1. The number of nitrogens with one attached hydrogen (secondary N) is 2. The van der Waals surface area contributed by atoms with E-state index in [1.54, 1.807) is 26.3 Å². The lowest BCUT2D eigenvalue weighted by Crippen LogP contribution is -2.40. The molecule has 0 aliphatic heterocycles. The third-order valence-corrected chi connectivity index (χ3v) is 4.70. The van der Waals surface area contributed by atoms with Crippen molar-refractivity contribution in [1.82, 2.24) is 10.6 Å². The molecular weight excluding hydrogens is 444 g/mol. The maximum absolute atomic E-state index is 13.5. The zero-order valence-corrected chi connectivity index (χ0v) is 17.4. The van der Waals surface area contributed by atoms with Crippen LogP contribution in [0.1, 0.15) is 24.0 Å². The van der Waals surface area contributed by atoms with Gasteiger partial charge in [-0.05, 0) is 48.2 Å². The van der Waals surface area contributed by atoms with Gasteiger partial charge in [0.1, 0.15) is 11.6 Å². The SMILES string of the molecule is CN=C(NCc1cccc(OC)c1)NCC1(c2cccc(F)c2)CC1.I. The van der Waals surface area contributed by atoms with E-state index in [1.807, 2.05) is 30.3 Å². The van der Waals surface area contributed by atoms with Gasteiger partial charge in [-0.1, -0.05) is 24.3 Å². The highest BCUT2D eigenvalue weighted by atomic mass is 127. The molecule has 140 valence electrons. The predicted octanol–water partition coefficient (Wildman–Crippen LogP) is 3.85. The lowest BCUT2D eigenvalue weighted by molar-refractivity contribution is 0.414. The van der Waals surface area contributed by atoms with Crippen molar-refractivity contribution in [3.63, 3.8) is 0 Å². The van der Waals surface area contributed by atoms with E-state index in [9.17, 15) is 4.39 Å². The van der Waals surface area contributed by atoms with Gasteiger partial charge in [0, 0.05) is 25.6 Å². The van der Waals surface area contributed by atoms with Crippen molar-refractivity contribution in [2.24, 2.45) is 4.99 Å². The first kappa shape index (κ1) is 20.5. The third-order valence-electron chi connectivity index (χ3n) is 4.70. The molecule has 0 atom stereocenters. The Morgan fingerprint density at radius 2 is 1.92 bits per heavy atom. The largest absolute Gasteiger partial charge is 0.497 e. The number of rotatable bonds is 6. The first-order valence-corrected chi connectivity index (χ1v) is 8.49. The molecule has 0 radical (unpaired) electrons. The van der Waals surface area contributed by atoms with Crippen LogP contribution in [0, 0.1) is 5.82 Å². The lowest BCUT2D eigenvalue weighted by Gasteiger charge is -2.19. The van der Waals surface area contributed by atoms with Crippen LogP contribution in [0.4, 0.5) is 4.39 Å². The lowest BCUT2D eigenvalue weighted by atomic mass is 9.96. The molecule has 1 saturated carbocycles. The normalized spacial score (nSPS) is 15.0. The number of benzene rings is 2. The molecule has 0 heterocycles. The van der Waals surface area contributed by atoms with Crippen molar-refractivity contribution in [2.45, 2.75) is 24.8 Å². The Bertz CT molecular complexity index is 762. The van der Waals surface area contributed by atoms with Crippen molar-refractivity contribution in [3.8, 4) is 5.75 Å². The smallest absolute Gasteiger partial charge is 0.191 e. The fourth-order valence-corrected chi connectivity index (χ4v) is 2.98. The molecule has 2 aromatic rings. The van der Waals surface area contributed by atoms with Crippen LogP contribution in [0.2, 0.25) is 0 Å². The number of hydrogen-bond acceptors (Lipinski definition) is 2. The Balaban J connectivity index is 0.00000243. The summed E-state index contributed by atoms with van der Waals surface area (Å²) in [5.74, 6) is 1.40. The van der Waals surface area contributed by atoms with Crippen molar-refractivity contribution in [3.05, 3.63) is 65.5 Å². The Morgan fingerprint density at radius 1 is 1.15 bits per heavy atom. The fourth-order valence-electron chi connectivity index (χ4n) is 2.98. The van der Waals surface area contributed by atoms with E-state index in [4.69, 9.17) is 4.74 Å². The monoisotopic (exact) mass is 469 g/mol. The minimum Gasteiger partial charge on any atom is -0.497 e. The molecule has 1 aliphatic carbocycles. The summed E-state index contributed by atoms with van der Waals surface area (Å²) in [6.07, 6.45) is 2.13. The number of halogens is 2. The highest BCUT2D eigenvalue weighted by molar-refractivity contribution is 14.0. The van der Waals surface area contributed by atoms with Crippen LogP contribution in [-0.2, 0) is 12.0 Å². The molecule has 2 N–H and O–H groups in total. The molecule has 0 spiro atoms. The van der Waals surface area contributed by atoms with E-state index in [2.05, 4.69) is 15.6 Å². The molecule has 0 aromatic heterocycles. The van der Waals surface area contributed by atoms with E-state index < -0.39 is 0 Å². The summed E-state index contributed by atoms with van der Waals surface area (Å²) in [5, 5.41) is 6.68. The molecule has 0 unspecified atom stereocenters. The zero-order chi connectivity index (χ0) is 17.7. The Hall–Kier alpha value is -1.83. The Morgan fingerprint density at radius 3 is 2.58 bits per heavy atom. The topological polar surface area (TPSA) is 45.7 Å². The molecule has 1 aliphatic rings. The van der Waals surface area contributed by atoms with Gasteiger partial charge in [-0.15, -0.1) is 24.0 Å². The molecule has 0 saturated heterocycles. The maximum Gasteiger partial charge on any atom is 0.191 e. The summed E-state index contributed by atoms with van der Waals surface area (Å²) in [4.78, 5) is 4.28. The quantitative estimate of drug-likeness (QED) is 0.384. The van der Waals surface area contributed by atoms with Crippen LogP contribution in [-0.4, -0.2) is 26.7 Å². The average Bonchev–Trinajstić information content (AvgIpc) is 3.43. The summed E-state index contributed by atoms with van der Waals surface area (Å²) in [7, 11) is 3.41. The zero-order valence-electron chi connectivity index (χ0n) is 15.1. The highest BCUT2D eigenvalue weighted by Crippen LogP contribution is 2.47. The Kier molecular flexibility index (Phi) is 7.25. The van der Waals surface area contributed by atoms with Crippen LogP contribution < -0.4 is 15.4 Å². The van der Waals surface area contributed by atoms with Gasteiger partial charge in [0.2, 0.25) is 0 Å². The second kappa shape index (κ2) is 9.21. The van der Waals surface area contributed by atoms with Gasteiger partial charge in [-0.3, -0.25) is 4.99 Å². The fraction of sp³-hybridized carbons (Fsp3) is 0.350. The molecule has 2 aromatic carbocycles. The first-order valence-electron chi connectivity index (χ1n) is 8.49. The molecule has 6 heteroatoms. The number of nitrogens with zero attached hydrogens (tertiary/aromatic N) is 1. The number of ether oxygens (including phenoxy) is 1. The van der Waals surface area contributed by atoms with Crippen LogP contribution in [0.5, 0.6) is 5.75 Å². The Labute approximate surface area is 171 Å². The number of hydrogen-bond donors (Lipinski definition) is 2. The van der Waals surface area contributed by atoms with Crippen molar-refractivity contribution in [2.75, 3.05) is 20.7 Å². The van der Waals surface area contributed by atoms with Gasteiger partial charge in [0.15, 0.2) is 5.96 Å². The molecule has 0 amide bonds. The minimum atomic E-state index is -0.177. The first-order chi connectivity index (χ1) is 12.1. The average molecular weight is 469 g/mol. The van der Waals surface area contributed by atoms with E-state index in [-0.39, 0.29) is 35.2 Å². The standard InChI is InChI=1S/C20H24FN3O.HI/c1-22-19(23-13-15-5-3-8-18(11-15)25-2)24-14-20(9-10-20)16-6-4-7-17(21)12-16;/h3-8,11-12H,9-10,13-14H2,1-2H3,(H2,22,23,24);1H. The van der Waals surface area contributed by atoms with E-state index >= 15 is 0 Å². The van der Waals surface area contributed by atoms with Crippen molar-refractivity contribution < 1.29 is 9.13 Å². The predicted molar refractivity (Wildman–Crippen MR) is 114 cm³/mol. The number of aliphatic imine (C=N–C) groups is 1. The van der Waals surface area contributed by atoms with E-state index in [1.165, 1.54) is 6.07 Å². The minimum absolute atomic E-state index is 0. The second-order valence-electron chi connectivity index (χ2n) is 6.42. The van der Waals surface area contributed by atoms with Gasteiger partial charge in [0.25, 0.3) is 0 Å². The molecule has 0 bridgehead atoms. The highest BCUT2D eigenvalue weighted by Gasteiger charge is 2.44. The number of methoxy groups -OCH3 is 1. The van der Waals surface area contributed by atoms with E-state index in [0.717, 1.165) is 42.2 Å². The molecule has 3 rings (SSSR count). The molecule has 1 fully saturated rings. The van der Waals surface area contributed by atoms with E-state index in [0.29, 0.717) is 6.54 Å². The van der Waals surface area contributed by atoms with Crippen LogP contribution >= 0.6 is 24.0 Å². The summed E-state index contributed by atoms with van der Waals surface area (Å²) in [6, 6.07) is 14.8. The van der Waals surface area contributed by atoms with Crippen molar-refractivity contribution in [1.29, 1.82) is 0 Å². The molecular formula is C20H25FIN3O. The summed E-state index contributed by atoms with van der Waals surface area (Å²) in [5.41, 5.74) is 2.20. The molecule has 26 heavy (non-hydrogen) atoms. The van der Waals surface area contributed by atoms with Gasteiger partial charge >= 0.3 is 0 Å². The third kappa shape index (κ3) is 5.09. The summed E-state index contributed by atoms with van der Waals surface area (Å²) >= 11 is 0. The van der Waals surface area contributed by atoms with Crippen LogP contribution in [0.15, 0.2) is 53.5 Å². The van der Waals surface area contributed by atoms with Gasteiger partial charge in [-0.2, -0.15) is 0 Å². The van der Waals surface area contributed by atoms with Gasteiger partial charge in [-0.25, -0.2) is 4.39 Å². The van der Waals surface area contributed by atoms with Gasteiger partial charge < -0.3 is 15.4 Å². The van der Waals surface area contributed by atoms with Gasteiger partial charge in [0.05, 0.1) is 7.11 Å². The summed E-state index contributed by atoms with van der Waals surface area (Å²) < 4.78 is 18.7. The summed E-state index contributed by atoms with van der Waals surface area (Å²) in [6.45, 7) is 1.40. The maximum atomic E-state index is 13.5. The van der Waals surface area contributed by atoms with Crippen LogP contribution in [0.25, 0.3) is 0 Å². The van der Waals surface area contributed by atoms with Crippen LogP contribution in [0.3, 0.4) is 0 Å².